The molecule has 1 aromatic heterocycles. The summed E-state index contributed by atoms with van der Waals surface area (Å²) >= 11 is 0. The Hall–Kier alpha value is -2.57. The fourth-order valence-electron chi connectivity index (χ4n) is 2.74. The van der Waals surface area contributed by atoms with Gasteiger partial charge in [-0.15, -0.1) is 0 Å². The second-order valence-corrected chi connectivity index (χ2v) is 5.51. The lowest BCUT2D eigenvalue weighted by atomic mass is 10.0. The van der Waals surface area contributed by atoms with Crippen molar-refractivity contribution in [3.63, 3.8) is 0 Å². The Balaban J connectivity index is 2.06. The molecule has 0 fully saturated rings. The first-order valence-electron chi connectivity index (χ1n) is 7.50. The highest BCUT2D eigenvalue weighted by Crippen LogP contribution is 2.30. The molecule has 2 unspecified atom stereocenters. The van der Waals surface area contributed by atoms with Gasteiger partial charge in [-0.3, -0.25) is 0 Å². The summed E-state index contributed by atoms with van der Waals surface area (Å²) in [5.74, 6) is 0.612. The van der Waals surface area contributed by atoms with Gasteiger partial charge in [0.2, 0.25) is 0 Å². The van der Waals surface area contributed by atoms with E-state index in [2.05, 4.69) is 0 Å². The normalized spacial score (nSPS) is 20.1. The van der Waals surface area contributed by atoms with Crippen molar-refractivity contribution in [2.24, 2.45) is 0 Å². The summed E-state index contributed by atoms with van der Waals surface area (Å²) in [5.41, 5.74) is 1.44. The van der Waals surface area contributed by atoms with Crippen molar-refractivity contribution in [3.8, 4) is 5.75 Å². The molecular weight excluding hydrogens is 310 g/mol. The lowest BCUT2D eigenvalue weighted by Gasteiger charge is -2.27. The highest BCUT2D eigenvalue weighted by Gasteiger charge is 2.21. The summed E-state index contributed by atoms with van der Waals surface area (Å²) in [4.78, 5) is 13.7. The smallest absolute Gasteiger partial charge is 0.338 e. The van der Waals surface area contributed by atoms with Crippen LogP contribution in [0.1, 0.15) is 0 Å². The average Bonchev–Trinajstić information content (AvgIpc) is 2.59. The van der Waals surface area contributed by atoms with Gasteiger partial charge < -0.3 is 23.9 Å². The van der Waals surface area contributed by atoms with Crippen LogP contribution in [0, 0.1) is 0 Å². The van der Waals surface area contributed by atoms with Gasteiger partial charge in [0.05, 0.1) is 12.8 Å². The highest BCUT2D eigenvalue weighted by molar-refractivity contribution is 5.91. The van der Waals surface area contributed by atoms with Gasteiger partial charge in [-0.2, -0.15) is 0 Å². The first-order chi connectivity index (χ1) is 11.5. The van der Waals surface area contributed by atoms with Crippen molar-refractivity contribution in [2.75, 3.05) is 26.2 Å². The molecular formula is C18H19NO5. The van der Waals surface area contributed by atoms with E-state index in [-0.39, 0.29) is 6.10 Å². The van der Waals surface area contributed by atoms with Crippen molar-refractivity contribution in [3.05, 3.63) is 58.6 Å². The van der Waals surface area contributed by atoms with E-state index in [4.69, 9.17) is 13.9 Å². The van der Waals surface area contributed by atoms with Crippen LogP contribution in [0.3, 0.4) is 0 Å². The number of allylic oxidation sites excluding steroid dienone is 1. The standard InChI is InChI=1S/C18H19NO5/c1-19(11-4-7-16(23-3)15(20)8-11)14-10-18(21)24-17-9-12(22-2)5-6-13(14)17/h4-10,15-16,20H,1-3H3. The molecule has 0 spiro atoms. The van der Waals surface area contributed by atoms with Crippen molar-refractivity contribution in [1.82, 2.24) is 0 Å². The third kappa shape index (κ3) is 2.93. The maximum Gasteiger partial charge on any atom is 0.338 e. The van der Waals surface area contributed by atoms with Gasteiger partial charge in [0.25, 0.3) is 0 Å². The Bertz CT molecular complexity index is 867. The number of rotatable bonds is 4. The van der Waals surface area contributed by atoms with E-state index in [1.165, 1.54) is 6.07 Å². The molecule has 1 aliphatic carbocycles. The maximum absolute atomic E-state index is 11.9. The van der Waals surface area contributed by atoms with Crippen LogP contribution >= 0.6 is 0 Å². The van der Waals surface area contributed by atoms with Gasteiger partial charge in [-0.1, -0.05) is 6.08 Å². The number of benzene rings is 1. The van der Waals surface area contributed by atoms with Crippen LogP contribution in [0.4, 0.5) is 5.69 Å². The molecule has 3 rings (SSSR count). The molecule has 2 aromatic rings. The summed E-state index contributed by atoms with van der Waals surface area (Å²) in [6.45, 7) is 0. The summed E-state index contributed by atoms with van der Waals surface area (Å²) in [7, 11) is 4.93. The van der Waals surface area contributed by atoms with E-state index in [1.54, 1.807) is 38.5 Å². The van der Waals surface area contributed by atoms with Crippen molar-refractivity contribution in [1.29, 1.82) is 0 Å². The predicted molar refractivity (Wildman–Crippen MR) is 91.5 cm³/mol. The molecule has 1 N–H and O–H groups in total. The molecule has 6 heteroatoms. The van der Waals surface area contributed by atoms with Crippen molar-refractivity contribution < 1.29 is 19.0 Å². The third-order valence-corrected chi connectivity index (χ3v) is 4.09. The van der Waals surface area contributed by atoms with E-state index in [1.807, 2.05) is 24.1 Å². The van der Waals surface area contributed by atoms with Gasteiger partial charge in [0, 0.05) is 37.4 Å². The van der Waals surface area contributed by atoms with E-state index in [0.717, 1.165) is 11.1 Å². The second-order valence-electron chi connectivity index (χ2n) is 5.51. The molecule has 6 nitrogen and oxygen atoms in total. The number of hydrogen-bond acceptors (Lipinski definition) is 6. The SMILES string of the molecule is COc1ccc2c(N(C)C3=CC(O)C(OC)C=C3)cc(=O)oc2c1. The molecule has 1 aliphatic rings. The Kier molecular flexibility index (Phi) is 4.42. The number of ether oxygens (including phenoxy) is 2. The first-order valence-corrected chi connectivity index (χ1v) is 7.50. The molecule has 126 valence electrons. The van der Waals surface area contributed by atoms with Gasteiger partial charge in [0.1, 0.15) is 23.5 Å². The summed E-state index contributed by atoms with van der Waals surface area (Å²) in [6, 6.07) is 6.75. The number of fused-ring (bicyclic) bond motifs is 1. The van der Waals surface area contributed by atoms with Gasteiger partial charge in [-0.05, 0) is 24.3 Å². The van der Waals surface area contributed by atoms with Crippen molar-refractivity contribution in [2.45, 2.75) is 12.2 Å². The van der Waals surface area contributed by atoms with E-state index < -0.39 is 11.7 Å². The average molecular weight is 329 g/mol. The molecule has 0 radical (unpaired) electrons. The predicted octanol–water partition coefficient (Wildman–Crippen LogP) is 2.07. The highest BCUT2D eigenvalue weighted by atomic mass is 16.5. The van der Waals surface area contributed by atoms with E-state index in [0.29, 0.717) is 17.0 Å². The van der Waals surface area contributed by atoms with Gasteiger partial charge in [-0.25, -0.2) is 4.79 Å². The molecule has 0 saturated heterocycles. The van der Waals surface area contributed by atoms with Crippen LogP contribution < -0.4 is 15.3 Å². The van der Waals surface area contributed by atoms with Crippen LogP contribution in [0.5, 0.6) is 5.75 Å². The number of anilines is 1. The van der Waals surface area contributed by atoms with E-state index >= 15 is 0 Å². The number of methoxy groups -OCH3 is 2. The van der Waals surface area contributed by atoms with Crippen LogP contribution in [-0.4, -0.2) is 38.6 Å². The zero-order valence-electron chi connectivity index (χ0n) is 13.7. The van der Waals surface area contributed by atoms with Crippen LogP contribution in [-0.2, 0) is 4.74 Å². The number of aliphatic hydroxyl groups excluding tert-OH is 1. The van der Waals surface area contributed by atoms with Gasteiger partial charge in [0.15, 0.2) is 0 Å². The Morgan fingerprint density at radius 3 is 2.71 bits per heavy atom. The minimum atomic E-state index is -0.746. The molecule has 0 bridgehead atoms. The third-order valence-electron chi connectivity index (χ3n) is 4.09. The first kappa shape index (κ1) is 16.3. The molecule has 2 atom stereocenters. The second kappa shape index (κ2) is 6.51. The fourth-order valence-corrected chi connectivity index (χ4v) is 2.74. The molecule has 0 amide bonds. The maximum atomic E-state index is 11.9. The monoisotopic (exact) mass is 329 g/mol. The number of hydrogen-bond donors (Lipinski definition) is 1. The number of likely N-dealkylation sites (N-methyl/N-ethyl adjacent to an activating group) is 1. The lowest BCUT2D eigenvalue weighted by Crippen LogP contribution is -2.30. The molecule has 0 aliphatic heterocycles. The number of nitrogens with zero attached hydrogens (tertiary/aromatic N) is 1. The topological polar surface area (TPSA) is 72.1 Å². The van der Waals surface area contributed by atoms with Crippen molar-refractivity contribution >= 4 is 16.7 Å². The van der Waals surface area contributed by atoms with Gasteiger partial charge >= 0.3 is 5.63 Å². The quantitative estimate of drug-likeness (QED) is 0.866. The minimum absolute atomic E-state index is 0.371. The summed E-state index contributed by atoms with van der Waals surface area (Å²) < 4.78 is 15.6. The largest absolute Gasteiger partial charge is 0.497 e. The Morgan fingerprint density at radius 1 is 1.25 bits per heavy atom. The Labute approximate surface area is 139 Å². The molecule has 24 heavy (non-hydrogen) atoms. The molecule has 1 heterocycles. The number of aliphatic hydroxyl groups is 1. The fraction of sp³-hybridized carbons (Fsp3) is 0.278. The summed E-state index contributed by atoms with van der Waals surface area (Å²) in [6.07, 6.45) is 4.21. The lowest BCUT2D eigenvalue weighted by molar-refractivity contribution is 0.0410. The minimum Gasteiger partial charge on any atom is -0.497 e. The zero-order chi connectivity index (χ0) is 17.3. The molecule has 0 saturated carbocycles. The molecule has 1 aromatic carbocycles. The Morgan fingerprint density at radius 2 is 2.04 bits per heavy atom. The summed E-state index contributed by atoms with van der Waals surface area (Å²) in [5, 5.41) is 10.9. The van der Waals surface area contributed by atoms with Crippen LogP contribution in [0.2, 0.25) is 0 Å². The van der Waals surface area contributed by atoms with Crippen LogP contribution in [0.25, 0.3) is 11.0 Å². The van der Waals surface area contributed by atoms with Crippen LogP contribution in [0.15, 0.2) is 57.4 Å². The zero-order valence-corrected chi connectivity index (χ0v) is 13.7. The van der Waals surface area contributed by atoms with E-state index in [9.17, 15) is 9.90 Å².